The number of aryl methyl sites for hydroxylation is 1. The van der Waals surface area contributed by atoms with Crippen LogP contribution in [0.4, 0.5) is 0 Å². The molecule has 44 heavy (non-hydrogen) atoms. The molecule has 5 heteroatoms. The third-order valence-electron chi connectivity index (χ3n) is 8.39. The van der Waals surface area contributed by atoms with Gasteiger partial charge in [-0.2, -0.15) is 4.57 Å². The number of hydrogen-bond donors (Lipinski definition) is 0. The number of rotatable bonds is 4. The number of pyridine rings is 1. The Kier molecular flexibility index (Phi) is 5.62. The van der Waals surface area contributed by atoms with E-state index in [0.29, 0.717) is 17.0 Å². The first kappa shape index (κ1) is 24.5. The third-order valence-corrected chi connectivity index (χ3v) is 8.39. The van der Waals surface area contributed by atoms with E-state index < -0.39 is 6.98 Å². The first-order valence-electron chi connectivity index (χ1n) is 16.5. The van der Waals surface area contributed by atoms with Crippen LogP contribution in [0.3, 0.4) is 0 Å². The SMILES string of the molecule is [2H]C([2H])([2H])[n+]1cn(-c2cc(Oc3ccc4c5ccccc5n(-c5cc(C(C)(C)C)ccn5)c4c3)cc(C(C)(C)C)c2)c2ccccc21. The van der Waals surface area contributed by atoms with E-state index in [1.807, 2.05) is 47.2 Å². The summed E-state index contributed by atoms with van der Waals surface area (Å²) in [5.74, 6) is 2.22. The number of nitrogens with zero attached hydrogens (tertiary/aromatic N) is 4. The van der Waals surface area contributed by atoms with Crippen LogP contribution >= 0.6 is 0 Å². The molecule has 0 spiro atoms. The van der Waals surface area contributed by atoms with Gasteiger partial charge in [0.15, 0.2) is 11.0 Å². The van der Waals surface area contributed by atoms with Gasteiger partial charge >= 0.3 is 0 Å². The van der Waals surface area contributed by atoms with E-state index >= 15 is 0 Å². The van der Waals surface area contributed by atoms with E-state index in [1.54, 1.807) is 6.33 Å². The fourth-order valence-electron chi connectivity index (χ4n) is 5.94. The van der Waals surface area contributed by atoms with Crippen molar-refractivity contribution in [1.29, 1.82) is 0 Å². The van der Waals surface area contributed by atoms with E-state index in [1.165, 1.54) is 10.1 Å². The number of imidazole rings is 1. The van der Waals surface area contributed by atoms with Crippen LogP contribution in [0.25, 0.3) is 44.3 Å². The maximum atomic E-state index is 8.14. The van der Waals surface area contributed by atoms with Crippen LogP contribution < -0.4 is 9.30 Å². The Morgan fingerprint density at radius 2 is 1.41 bits per heavy atom. The number of para-hydroxylation sites is 3. The van der Waals surface area contributed by atoms with Crippen LogP contribution in [0.2, 0.25) is 0 Å². The first-order chi connectivity index (χ1) is 22.2. The van der Waals surface area contributed by atoms with Gasteiger partial charge in [0.25, 0.3) is 0 Å². The second-order valence-corrected chi connectivity index (χ2v) is 13.6. The van der Waals surface area contributed by atoms with Gasteiger partial charge in [-0.3, -0.25) is 4.57 Å². The van der Waals surface area contributed by atoms with Crippen molar-refractivity contribution in [3.63, 3.8) is 0 Å². The van der Waals surface area contributed by atoms with Crippen LogP contribution in [0.15, 0.2) is 110 Å². The summed E-state index contributed by atoms with van der Waals surface area (Å²) >= 11 is 0. The standard InChI is InChI=1S/C39H39N4O/c1-38(2,3)26-18-19-40-37(22-26)43-33-13-9-8-12-31(33)32-17-16-29(24-36(32)43)44-30-21-27(39(4,5)6)20-28(23-30)42-25-41(7)34-14-10-11-15-35(34)42/h8-25H,1-7H3/q+1/i7D3. The Morgan fingerprint density at radius 1 is 0.682 bits per heavy atom. The molecule has 0 fully saturated rings. The average Bonchev–Trinajstić information content (AvgIpc) is 3.57. The lowest BCUT2D eigenvalue weighted by Crippen LogP contribution is -2.25. The minimum atomic E-state index is -2.32. The van der Waals surface area contributed by atoms with E-state index in [2.05, 4.69) is 107 Å². The molecule has 0 saturated carbocycles. The lowest BCUT2D eigenvalue weighted by Gasteiger charge is -2.21. The van der Waals surface area contributed by atoms with Gasteiger partial charge in [0.05, 0.1) is 22.1 Å². The van der Waals surface area contributed by atoms with Crippen molar-refractivity contribution in [2.45, 2.75) is 52.4 Å². The second kappa shape index (κ2) is 10.1. The molecule has 0 aliphatic carbocycles. The zero-order valence-corrected chi connectivity index (χ0v) is 26.1. The quantitative estimate of drug-likeness (QED) is 0.194. The van der Waals surface area contributed by atoms with Crippen LogP contribution in [-0.2, 0) is 17.8 Å². The number of hydrogen-bond acceptors (Lipinski definition) is 2. The number of benzene rings is 4. The van der Waals surface area contributed by atoms with E-state index in [-0.39, 0.29) is 10.8 Å². The lowest BCUT2D eigenvalue weighted by atomic mass is 9.86. The molecule has 220 valence electrons. The summed E-state index contributed by atoms with van der Waals surface area (Å²) in [7, 11) is 0. The normalized spacial score (nSPS) is 13.7. The van der Waals surface area contributed by atoms with Crippen molar-refractivity contribution in [3.05, 3.63) is 121 Å². The average molecular weight is 583 g/mol. The van der Waals surface area contributed by atoms with E-state index in [4.69, 9.17) is 13.8 Å². The van der Waals surface area contributed by atoms with Crippen LogP contribution in [-0.4, -0.2) is 14.1 Å². The molecule has 0 aliphatic heterocycles. The van der Waals surface area contributed by atoms with E-state index in [0.717, 1.165) is 44.4 Å². The molecule has 0 saturated heterocycles. The summed E-state index contributed by atoms with van der Waals surface area (Å²) in [6.45, 7) is 10.8. The summed E-state index contributed by atoms with van der Waals surface area (Å²) in [6.07, 6.45) is 3.55. The Bertz CT molecular complexity index is 2300. The highest BCUT2D eigenvalue weighted by Crippen LogP contribution is 2.37. The zero-order chi connectivity index (χ0) is 33.3. The summed E-state index contributed by atoms with van der Waals surface area (Å²) in [6, 6.07) is 32.6. The molecular weight excluding hydrogens is 540 g/mol. The number of aromatic nitrogens is 4. The summed E-state index contributed by atoms with van der Waals surface area (Å²) in [4.78, 5) is 4.81. The molecule has 0 aliphatic rings. The fourth-order valence-corrected chi connectivity index (χ4v) is 5.94. The zero-order valence-electron chi connectivity index (χ0n) is 29.1. The predicted octanol–water partition coefficient (Wildman–Crippen LogP) is 9.33. The Labute approximate surface area is 263 Å². The lowest BCUT2D eigenvalue weighted by molar-refractivity contribution is -0.645. The maximum absolute atomic E-state index is 8.14. The monoisotopic (exact) mass is 582 g/mol. The fraction of sp³-hybridized carbons (Fsp3) is 0.231. The van der Waals surface area contributed by atoms with Gasteiger partial charge in [0.1, 0.15) is 23.0 Å². The number of ether oxygens (including phenoxy) is 1. The van der Waals surface area contributed by atoms with Crippen molar-refractivity contribution in [1.82, 2.24) is 14.1 Å². The van der Waals surface area contributed by atoms with Gasteiger partial charge < -0.3 is 4.74 Å². The van der Waals surface area contributed by atoms with E-state index in [9.17, 15) is 0 Å². The molecule has 5 nitrogen and oxygen atoms in total. The molecule has 0 N–H and O–H groups in total. The van der Waals surface area contributed by atoms with Gasteiger partial charge in [0, 0.05) is 29.1 Å². The maximum Gasteiger partial charge on any atom is 0.249 e. The van der Waals surface area contributed by atoms with Crippen molar-refractivity contribution in [3.8, 4) is 23.0 Å². The minimum absolute atomic E-state index is 0.0195. The van der Waals surface area contributed by atoms with Crippen LogP contribution in [0.1, 0.15) is 56.8 Å². The minimum Gasteiger partial charge on any atom is -0.457 e. The summed E-state index contributed by atoms with van der Waals surface area (Å²) in [5, 5.41) is 2.27. The molecule has 0 unspecified atom stereocenters. The Morgan fingerprint density at radius 3 is 2.18 bits per heavy atom. The third kappa shape index (κ3) is 4.83. The van der Waals surface area contributed by atoms with Crippen molar-refractivity contribution < 1.29 is 13.4 Å². The molecule has 7 rings (SSSR count). The highest BCUT2D eigenvalue weighted by Gasteiger charge is 2.22. The second-order valence-electron chi connectivity index (χ2n) is 13.6. The van der Waals surface area contributed by atoms with Gasteiger partial charge in [-0.15, -0.1) is 0 Å². The first-order valence-corrected chi connectivity index (χ1v) is 15.0. The molecular formula is C39H39N4O+. The largest absolute Gasteiger partial charge is 0.457 e. The van der Waals surface area contributed by atoms with Gasteiger partial charge in [-0.05, 0) is 76.6 Å². The van der Waals surface area contributed by atoms with Gasteiger partial charge in [-0.25, -0.2) is 9.55 Å². The van der Waals surface area contributed by atoms with Crippen molar-refractivity contribution in [2.75, 3.05) is 0 Å². The Balaban J connectivity index is 1.38. The molecule has 7 aromatic rings. The highest BCUT2D eigenvalue weighted by atomic mass is 16.5. The van der Waals surface area contributed by atoms with Crippen molar-refractivity contribution >= 4 is 32.8 Å². The topological polar surface area (TPSA) is 35.9 Å². The van der Waals surface area contributed by atoms with Gasteiger partial charge in [-0.1, -0.05) is 71.9 Å². The predicted molar refractivity (Wildman–Crippen MR) is 181 cm³/mol. The molecule has 4 aromatic carbocycles. The molecule has 3 heterocycles. The molecule has 0 radical (unpaired) electrons. The summed E-state index contributed by atoms with van der Waals surface area (Å²) in [5.41, 5.74) is 6.43. The highest BCUT2D eigenvalue weighted by molar-refractivity contribution is 6.09. The molecule has 0 bridgehead atoms. The smallest absolute Gasteiger partial charge is 0.249 e. The molecule has 0 atom stereocenters. The molecule has 0 amide bonds. The van der Waals surface area contributed by atoms with Crippen molar-refractivity contribution in [2.24, 2.45) is 6.98 Å². The van der Waals surface area contributed by atoms with Gasteiger partial charge in [0.2, 0.25) is 6.33 Å². The van der Waals surface area contributed by atoms with Crippen LogP contribution in [0, 0.1) is 0 Å². The number of fused-ring (bicyclic) bond motifs is 4. The Hall–Kier alpha value is -4.90. The summed E-state index contributed by atoms with van der Waals surface area (Å²) < 4.78 is 36.6. The van der Waals surface area contributed by atoms with Crippen LogP contribution in [0.5, 0.6) is 11.5 Å². The molecule has 3 aromatic heterocycles.